The molecule has 3 heteroatoms. The number of carbonyl (C=O) groups is 1. The molecule has 0 radical (unpaired) electrons. The lowest BCUT2D eigenvalue weighted by molar-refractivity contribution is -0.121. The van der Waals surface area contributed by atoms with Gasteiger partial charge in [0.1, 0.15) is 0 Å². The molecule has 2 rings (SSSR count). The van der Waals surface area contributed by atoms with Crippen LogP contribution < -0.4 is 5.32 Å². The van der Waals surface area contributed by atoms with Crippen molar-refractivity contribution in [2.45, 2.75) is 18.9 Å². The predicted molar refractivity (Wildman–Crippen MR) is 49.9 cm³/mol. The summed E-state index contributed by atoms with van der Waals surface area (Å²) in [5, 5.41) is 2.68. The highest BCUT2D eigenvalue weighted by Crippen LogP contribution is 2.43. The van der Waals surface area contributed by atoms with Gasteiger partial charge >= 0.3 is 0 Å². The van der Waals surface area contributed by atoms with Crippen LogP contribution in [0, 0.1) is 18.3 Å². The number of carbonyl (C=O) groups excluding carboxylic acids is 1. The largest absolute Gasteiger partial charge is 0.344 e. The normalized spacial score (nSPS) is 30.7. The quantitative estimate of drug-likeness (QED) is 0.609. The van der Waals surface area contributed by atoms with E-state index in [4.69, 9.17) is 6.42 Å². The van der Waals surface area contributed by atoms with E-state index in [1.807, 2.05) is 0 Å². The Balaban J connectivity index is 1.72. The molecule has 1 N–H and O–H groups in total. The fraction of sp³-hybridized carbons (Fsp3) is 0.700. The van der Waals surface area contributed by atoms with Crippen molar-refractivity contribution in [2.75, 3.05) is 19.6 Å². The number of hydrogen-bond acceptors (Lipinski definition) is 2. The van der Waals surface area contributed by atoms with Gasteiger partial charge in [-0.05, 0) is 25.3 Å². The zero-order valence-corrected chi connectivity index (χ0v) is 7.62. The van der Waals surface area contributed by atoms with E-state index in [0.717, 1.165) is 12.5 Å². The molecule has 1 aliphatic heterocycles. The monoisotopic (exact) mass is 178 g/mol. The van der Waals surface area contributed by atoms with Crippen LogP contribution in [0.4, 0.5) is 0 Å². The van der Waals surface area contributed by atoms with E-state index in [-0.39, 0.29) is 5.91 Å². The van der Waals surface area contributed by atoms with Crippen LogP contribution in [0.25, 0.3) is 0 Å². The fourth-order valence-electron chi connectivity index (χ4n) is 2.07. The Morgan fingerprint density at radius 3 is 3.08 bits per heavy atom. The molecule has 0 aromatic heterocycles. The molecule has 2 fully saturated rings. The van der Waals surface area contributed by atoms with Crippen LogP contribution in [0.5, 0.6) is 0 Å². The van der Waals surface area contributed by atoms with E-state index in [2.05, 4.69) is 16.1 Å². The highest BCUT2D eigenvalue weighted by molar-refractivity contribution is 5.78. The first-order valence-electron chi connectivity index (χ1n) is 4.75. The Morgan fingerprint density at radius 1 is 1.69 bits per heavy atom. The second kappa shape index (κ2) is 3.39. The van der Waals surface area contributed by atoms with Crippen LogP contribution in [0.3, 0.4) is 0 Å². The van der Waals surface area contributed by atoms with Gasteiger partial charge in [0, 0.05) is 6.04 Å². The van der Waals surface area contributed by atoms with Crippen LogP contribution >= 0.6 is 0 Å². The number of hydrogen-bond donors (Lipinski definition) is 1. The molecule has 0 bridgehead atoms. The van der Waals surface area contributed by atoms with Gasteiger partial charge in [0.25, 0.3) is 0 Å². The molecule has 1 heterocycles. The molecule has 2 atom stereocenters. The summed E-state index contributed by atoms with van der Waals surface area (Å²) < 4.78 is 0. The Labute approximate surface area is 78.5 Å². The molecule has 3 nitrogen and oxygen atoms in total. The molecule has 1 saturated carbocycles. The third-order valence-electron chi connectivity index (χ3n) is 2.88. The summed E-state index contributed by atoms with van der Waals surface area (Å²) in [6.07, 6.45) is 7.61. The van der Waals surface area contributed by atoms with E-state index < -0.39 is 0 Å². The fourth-order valence-corrected chi connectivity index (χ4v) is 2.07. The minimum Gasteiger partial charge on any atom is -0.344 e. The Morgan fingerprint density at radius 2 is 2.54 bits per heavy atom. The SMILES string of the molecule is C#CCNC(=O)CN1CCC2CC21. The first-order chi connectivity index (χ1) is 6.31. The van der Waals surface area contributed by atoms with Gasteiger partial charge in [0.2, 0.25) is 5.91 Å². The van der Waals surface area contributed by atoms with Crippen LogP contribution in [0.2, 0.25) is 0 Å². The van der Waals surface area contributed by atoms with Gasteiger partial charge in [-0.3, -0.25) is 9.69 Å². The first-order valence-corrected chi connectivity index (χ1v) is 4.75. The summed E-state index contributed by atoms with van der Waals surface area (Å²) in [6, 6.07) is 0.705. The van der Waals surface area contributed by atoms with Crippen molar-refractivity contribution in [3.8, 4) is 12.3 Å². The maximum Gasteiger partial charge on any atom is 0.234 e. The maximum atomic E-state index is 11.3. The molecule has 1 saturated heterocycles. The Kier molecular flexibility index (Phi) is 2.24. The zero-order valence-electron chi connectivity index (χ0n) is 7.62. The van der Waals surface area contributed by atoms with Gasteiger partial charge in [-0.1, -0.05) is 5.92 Å². The highest BCUT2D eigenvalue weighted by atomic mass is 16.2. The lowest BCUT2D eigenvalue weighted by Crippen LogP contribution is -2.37. The van der Waals surface area contributed by atoms with Gasteiger partial charge in [-0.25, -0.2) is 0 Å². The number of terminal acetylenes is 1. The van der Waals surface area contributed by atoms with Crippen molar-refractivity contribution >= 4 is 5.91 Å². The number of rotatable bonds is 3. The molecule has 0 aromatic carbocycles. The van der Waals surface area contributed by atoms with Crippen molar-refractivity contribution in [3.05, 3.63) is 0 Å². The summed E-state index contributed by atoms with van der Waals surface area (Å²) in [6.45, 7) is 1.96. The molecule has 2 unspecified atom stereocenters. The third kappa shape index (κ3) is 1.84. The number of amides is 1. The summed E-state index contributed by atoms with van der Waals surface area (Å²) in [7, 11) is 0. The number of piperidine rings is 1. The van der Waals surface area contributed by atoms with E-state index in [1.165, 1.54) is 12.8 Å². The topological polar surface area (TPSA) is 32.3 Å². The molecule has 1 aliphatic carbocycles. The average molecular weight is 178 g/mol. The molecule has 0 spiro atoms. The van der Waals surface area contributed by atoms with Crippen molar-refractivity contribution in [1.29, 1.82) is 0 Å². The summed E-state index contributed by atoms with van der Waals surface area (Å²) >= 11 is 0. The van der Waals surface area contributed by atoms with Crippen molar-refractivity contribution < 1.29 is 4.79 Å². The Bertz CT molecular complexity index is 256. The van der Waals surface area contributed by atoms with E-state index in [9.17, 15) is 4.79 Å². The molecular formula is C10H14N2O. The highest BCUT2D eigenvalue weighted by Gasteiger charge is 2.46. The minimum absolute atomic E-state index is 0.0606. The Hall–Kier alpha value is -1.01. The van der Waals surface area contributed by atoms with Gasteiger partial charge in [0.05, 0.1) is 13.1 Å². The van der Waals surface area contributed by atoms with Crippen molar-refractivity contribution in [3.63, 3.8) is 0 Å². The maximum absolute atomic E-state index is 11.3. The van der Waals surface area contributed by atoms with E-state index in [1.54, 1.807) is 0 Å². The third-order valence-corrected chi connectivity index (χ3v) is 2.88. The zero-order chi connectivity index (χ0) is 9.26. The predicted octanol–water partition coefficient (Wildman–Crippen LogP) is -0.170. The summed E-state index contributed by atoms with van der Waals surface area (Å²) in [4.78, 5) is 13.5. The second-order valence-corrected chi connectivity index (χ2v) is 3.80. The molecule has 70 valence electrons. The molecule has 1 amide bonds. The molecular weight excluding hydrogens is 164 g/mol. The van der Waals surface area contributed by atoms with Crippen molar-refractivity contribution in [2.24, 2.45) is 5.92 Å². The van der Waals surface area contributed by atoms with E-state index in [0.29, 0.717) is 19.1 Å². The van der Waals surface area contributed by atoms with Gasteiger partial charge in [0.15, 0.2) is 0 Å². The van der Waals surface area contributed by atoms with Gasteiger partial charge < -0.3 is 5.32 Å². The second-order valence-electron chi connectivity index (χ2n) is 3.80. The lowest BCUT2D eigenvalue weighted by Gasteiger charge is -2.15. The standard InChI is InChI=1S/C10H14N2O/c1-2-4-11-10(13)7-12-5-3-8-6-9(8)12/h1,8-9H,3-7H2,(H,11,13). The minimum atomic E-state index is 0.0606. The van der Waals surface area contributed by atoms with Gasteiger partial charge in [-0.2, -0.15) is 0 Å². The molecule has 2 aliphatic rings. The van der Waals surface area contributed by atoms with Crippen molar-refractivity contribution in [1.82, 2.24) is 10.2 Å². The molecule has 0 aromatic rings. The van der Waals surface area contributed by atoms with Crippen LogP contribution in [0.15, 0.2) is 0 Å². The number of likely N-dealkylation sites (tertiary alicyclic amines) is 1. The smallest absolute Gasteiger partial charge is 0.234 e. The number of fused-ring (bicyclic) bond motifs is 1. The van der Waals surface area contributed by atoms with Crippen LogP contribution in [-0.4, -0.2) is 36.5 Å². The summed E-state index contributed by atoms with van der Waals surface area (Å²) in [5.74, 6) is 3.34. The molecule has 13 heavy (non-hydrogen) atoms. The average Bonchev–Trinajstić information content (AvgIpc) is 2.81. The van der Waals surface area contributed by atoms with Crippen LogP contribution in [0.1, 0.15) is 12.8 Å². The number of nitrogens with zero attached hydrogens (tertiary/aromatic N) is 1. The summed E-state index contributed by atoms with van der Waals surface area (Å²) in [5.41, 5.74) is 0. The van der Waals surface area contributed by atoms with E-state index >= 15 is 0 Å². The van der Waals surface area contributed by atoms with Crippen LogP contribution in [-0.2, 0) is 4.79 Å². The lowest BCUT2D eigenvalue weighted by atomic mass is 10.3. The number of nitrogens with one attached hydrogen (secondary N) is 1. The first kappa shape index (κ1) is 8.58. The van der Waals surface area contributed by atoms with Gasteiger partial charge in [-0.15, -0.1) is 6.42 Å².